The highest BCUT2D eigenvalue weighted by atomic mass is 15.2. The molecule has 2 aliphatic rings. The Morgan fingerprint density at radius 2 is 2.04 bits per heavy atom. The Morgan fingerprint density at radius 1 is 1.32 bits per heavy atom. The van der Waals surface area contributed by atoms with Gasteiger partial charge in [0.15, 0.2) is 0 Å². The van der Waals surface area contributed by atoms with Crippen LogP contribution in [0.2, 0.25) is 0 Å². The molecule has 1 unspecified atom stereocenters. The molecule has 0 aromatic heterocycles. The van der Waals surface area contributed by atoms with Gasteiger partial charge in [-0.1, -0.05) is 68.4 Å². The van der Waals surface area contributed by atoms with Gasteiger partial charge in [-0.05, 0) is 66.6 Å². The number of allylic oxidation sites excluding steroid dienone is 1. The number of nitrogens with one attached hydrogen (secondary N) is 1. The minimum Gasteiger partial charge on any atom is -0.316 e. The maximum Gasteiger partial charge on any atom is 0.0566 e. The molecule has 1 aromatic rings. The molecule has 4 heteroatoms. The van der Waals surface area contributed by atoms with Gasteiger partial charge in [-0.15, -0.1) is 0 Å². The molecule has 4 nitrogen and oxygen atoms in total. The standard InChI is InChI=1S/C21H30N4/c1-15(20(2,3)4)10-19-18-14-23-13-17(18)12-21(19,24-25-22)11-16-8-6-5-7-9-16/h5-9,17-19,23H,1,10-14H2,2-4H3/t17-,18+,19-,21?/m0/s1. The summed E-state index contributed by atoms with van der Waals surface area (Å²) in [5, 5.41) is 8.01. The van der Waals surface area contributed by atoms with Crippen molar-refractivity contribution < 1.29 is 0 Å². The number of azide groups is 1. The average molecular weight is 338 g/mol. The molecule has 1 heterocycles. The summed E-state index contributed by atoms with van der Waals surface area (Å²) in [5.41, 5.74) is 11.6. The van der Waals surface area contributed by atoms with E-state index in [4.69, 9.17) is 0 Å². The van der Waals surface area contributed by atoms with Crippen LogP contribution in [0.5, 0.6) is 0 Å². The molecule has 25 heavy (non-hydrogen) atoms. The summed E-state index contributed by atoms with van der Waals surface area (Å²) in [6.07, 6.45) is 2.75. The van der Waals surface area contributed by atoms with E-state index >= 15 is 0 Å². The van der Waals surface area contributed by atoms with Crippen LogP contribution < -0.4 is 5.32 Å². The lowest BCUT2D eigenvalue weighted by atomic mass is 9.72. The molecule has 0 amide bonds. The largest absolute Gasteiger partial charge is 0.316 e. The van der Waals surface area contributed by atoms with Gasteiger partial charge in [0.2, 0.25) is 0 Å². The third-order valence-electron chi connectivity index (χ3n) is 6.34. The maximum absolute atomic E-state index is 9.37. The van der Waals surface area contributed by atoms with E-state index < -0.39 is 0 Å². The number of hydrogen-bond donors (Lipinski definition) is 1. The van der Waals surface area contributed by atoms with Crippen molar-refractivity contribution in [2.45, 2.75) is 45.6 Å². The van der Waals surface area contributed by atoms with Crippen LogP contribution >= 0.6 is 0 Å². The summed E-state index contributed by atoms with van der Waals surface area (Å²) in [6.45, 7) is 13.1. The zero-order chi connectivity index (χ0) is 18.1. The minimum atomic E-state index is -0.332. The first-order valence-corrected chi connectivity index (χ1v) is 9.35. The lowest BCUT2D eigenvalue weighted by Gasteiger charge is -2.36. The van der Waals surface area contributed by atoms with Crippen molar-refractivity contribution in [3.63, 3.8) is 0 Å². The van der Waals surface area contributed by atoms with Crippen molar-refractivity contribution >= 4 is 0 Å². The van der Waals surface area contributed by atoms with Gasteiger partial charge in [-0.3, -0.25) is 0 Å². The second-order valence-electron chi connectivity index (χ2n) is 8.91. The SMILES string of the molecule is C=C(C[C@H]1[C@@H]2CNC[C@@H]2CC1(Cc1ccccc1)N=[N+]=[N-])C(C)(C)C. The lowest BCUT2D eigenvalue weighted by Crippen LogP contribution is -2.38. The van der Waals surface area contributed by atoms with Crippen LogP contribution in [0.4, 0.5) is 0 Å². The van der Waals surface area contributed by atoms with Gasteiger partial charge in [-0.2, -0.15) is 0 Å². The highest BCUT2D eigenvalue weighted by molar-refractivity contribution is 5.23. The Balaban J connectivity index is 1.95. The molecule has 0 bridgehead atoms. The molecule has 1 saturated heterocycles. The predicted molar refractivity (Wildman–Crippen MR) is 103 cm³/mol. The quantitative estimate of drug-likeness (QED) is 0.344. The first-order chi connectivity index (χ1) is 11.9. The lowest BCUT2D eigenvalue weighted by molar-refractivity contribution is 0.250. The highest BCUT2D eigenvalue weighted by Gasteiger charge is 2.54. The molecule has 1 aliphatic carbocycles. The summed E-state index contributed by atoms with van der Waals surface area (Å²) < 4.78 is 0. The maximum atomic E-state index is 9.37. The average Bonchev–Trinajstić information content (AvgIpc) is 3.09. The zero-order valence-electron chi connectivity index (χ0n) is 15.7. The van der Waals surface area contributed by atoms with Crippen LogP contribution in [0.1, 0.15) is 39.2 Å². The Morgan fingerprint density at radius 3 is 2.68 bits per heavy atom. The summed E-state index contributed by atoms with van der Waals surface area (Å²) in [7, 11) is 0. The van der Waals surface area contributed by atoms with Crippen LogP contribution in [0.15, 0.2) is 47.6 Å². The van der Waals surface area contributed by atoms with Crippen LogP contribution in [-0.2, 0) is 6.42 Å². The van der Waals surface area contributed by atoms with Crippen molar-refractivity contribution in [2.75, 3.05) is 13.1 Å². The van der Waals surface area contributed by atoms with E-state index in [-0.39, 0.29) is 11.0 Å². The van der Waals surface area contributed by atoms with Crippen molar-refractivity contribution in [1.29, 1.82) is 0 Å². The molecule has 0 spiro atoms. The molecule has 1 saturated carbocycles. The molecule has 0 radical (unpaired) electrons. The van der Waals surface area contributed by atoms with Crippen LogP contribution in [0.25, 0.3) is 10.4 Å². The summed E-state index contributed by atoms with van der Waals surface area (Å²) in [6, 6.07) is 10.5. The number of hydrogen-bond acceptors (Lipinski definition) is 2. The number of rotatable bonds is 5. The van der Waals surface area contributed by atoms with E-state index in [9.17, 15) is 5.53 Å². The second-order valence-corrected chi connectivity index (χ2v) is 8.91. The topological polar surface area (TPSA) is 60.8 Å². The molecule has 3 rings (SSSR count). The minimum absolute atomic E-state index is 0.0823. The van der Waals surface area contributed by atoms with Crippen molar-refractivity contribution in [3.05, 3.63) is 58.5 Å². The fourth-order valence-corrected chi connectivity index (χ4v) is 4.76. The van der Waals surface area contributed by atoms with E-state index in [2.05, 4.69) is 67.0 Å². The fraction of sp³-hybridized carbons (Fsp3) is 0.619. The van der Waals surface area contributed by atoms with E-state index in [0.717, 1.165) is 32.4 Å². The van der Waals surface area contributed by atoms with Crippen LogP contribution in [0.3, 0.4) is 0 Å². The summed E-state index contributed by atoms with van der Waals surface area (Å²) >= 11 is 0. The van der Waals surface area contributed by atoms with Crippen LogP contribution in [-0.4, -0.2) is 18.6 Å². The number of fused-ring (bicyclic) bond motifs is 1. The van der Waals surface area contributed by atoms with Crippen LogP contribution in [0, 0.1) is 23.2 Å². The normalized spacial score (nSPS) is 31.4. The predicted octanol–water partition coefficient (Wildman–Crippen LogP) is 5.13. The van der Waals surface area contributed by atoms with Gasteiger partial charge in [-0.25, -0.2) is 0 Å². The summed E-state index contributed by atoms with van der Waals surface area (Å²) in [4.78, 5) is 3.31. The van der Waals surface area contributed by atoms with Crippen molar-refractivity contribution in [3.8, 4) is 0 Å². The monoisotopic (exact) mass is 338 g/mol. The second kappa shape index (κ2) is 6.86. The van der Waals surface area contributed by atoms with Gasteiger partial charge in [0, 0.05) is 4.91 Å². The first kappa shape index (κ1) is 18.0. The van der Waals surface area contributed by atoms with Gasteiger partial charge < -0.3 is 5.32 Å². The molecule has 1 aliphatic heterocycles. The van der Waals surface area contributed by atoms with E-state index in [1.165, 1.54) is 11.1 Å². The Hall–Kier alpha value is -1.77. The van der Waals surface area contributed by atoms with Crippen molar-refractivity contribution in [1.82, 2.24) is 5.32 Å². The smallest absolute Gasteiger partial charge is 0.0566 e. The Bertz CT molecular complexity index is 669. The molecule has 4 atom stereocenters. The Kier molecular flexibility index (Phi) is 4.95. The third kappa shape index (κ3) is 3.61. The fourth-order valence-electron chi connectivity index (χ4n) is 4.76. The van der Waals surface area contributed by atoms with Gasteiger partial charge in [0.05, 0.1) is 5.54 Å². The molecular weight excluding hydrogens is 308 g/mol. The number of benzene rings is 1. The van der Waals surface area contributed by atoms with E-state index in [0.29, 0.717) is 17.8 Å². The Labute approximate surface area is 151 Å². The molecular formula is C21H30N4. The molecule has 134 valence electrons. The summed E-state index contributed by atoms with van der Waals surface area (Å²) in [5.74, 6) is 1.54. The highest BCUT2D eigenvalue weighted by Crippen LogP contribution is 2.53. The van der Waals surface area contributed by atoms with Gasteiger partial charge in [0.1, 0.15) is 0 Å². The molecule has 1 N–H and O–H groups in total. The number of nitrogens with zero attached hydrogens (tertiary/aromatic N) is 3. The van der Waals surface area contributed by atoms with E-state index in [1.54, 1.807) is 0 Å². The van der Waals surface area contributed by atoms with Gasteiger partial charge in [0.25, 0.3) is 0 Å². The van der Waals surface area contributed by atoms with Crippen molar-refractivity contribution in [2.24, 2.45) is 28.3 Å². The third-order valence-corrected chi connectivity index (χ3v) is 6.34. The zero-order valence-corrected chi connectivity index (χ0v) is 15.7. The molecule has 1 aromatic carbocycles. The van der Waals surface area contributed by atoms with Gasteiger partial charge >= 0.3 is 0 Å². The molecule has 2 fully saturated rings. The first-order valence-electron chi connectivity index (χ1n) is 9.35. The van der Waals surface area contributed by atoms with E-state index in [1.807, 2.05) is 6.07 Å².